The number of carbonyl (C=O) groups is 1. The second kappa shape index (κ2) is 9.91. The fourth-order valence-electron chi connectivity index (χ4n) is 5.80. The summed E-state index contributed by atoms with van der Waals surface area (Å²) in [4.78, 5) is 22.4. The molecule has 0 unspecified atom stereocenters. The molecule has 2 aromatic carbocycles. The Morgan fingerprint density at radius 3 is 2.84 bits per heavy atom. The first kappa shape index (κ1) is 24.1. The summed E-state index contributed by atoms with van der Waals surface area (Å²) in [6, 6.07) is 13.1. The minimum atomic E-state index is 0.0299. The van der Waals surface area contributed by atoms with E-state index >= 15 is 0 Å². The van der Waals surface area contributed by atoms with Crippen LogP contribution in [0.15, 0.2) is 36.4 Å². The topological polar surface area (TPSA) is 77.1 Å². The number of aryl methyl sites for hydroxylation is 3. The van der Waals surface area contributed by atoms with E-state index in [1.165, 1.54) is 21.4 Å². The van der Waals surface area contributed by atoms with Crippen molar-refractivity contribution in [1.82, 2.24) is 30.3 Å². The normalized spacial score (nSPS) is 18.2. The fourth-order valence-corrected chi connectivity index (χ4v) is 6.61. The lowest BCUT2D eigenvalue weighted by Crippen LogP contribution is -2.52. The number of piperidine rings is 1. The molecule has 192 valence electrons. The van der Waals surface area contributed by atoms with Gasteiger partial charge in [-0.25, -0.2) is 9.78 Å². The summed E-state index contributed by atoms with van der Waals surface area (Å²) >= 11 is 1.71. The van der Waals surface area contributed by atoms with Crippen molar-refractivity contribution in [1.29, 1.82) is 0 Å². The predicted octanol–water partition coefficient (Wildman–Crippen LogP) is 5.34. The van der Waals surface area contributed by atoms with Crippen molar-refractivity contribution < 1.29 is 4.79 Å². The van der Waals surface area contributed by atoms with E-state index in [0.29, 0.717) is 13.1 Å². The number of amides is 2. The van der Waals surface area contributed by atoms with Crippen LogP contribution < -0.4 is 5.32 Å². The number of benzene rings is 2. The van der Waals surface area contributed by atoms with Gasteiger partial charge < -0.3 is 10.2 Å². The van der Waals surface area contributed by atoms with Crippen molar-refractivity contribution in [2.45, 2.75) is 59.2 Å². The molecule has 0 saturated carbocycles. The van der Waals surface area contributed by atoms with Crippen LogP contribution in [0.5, 0.6) is 0 Å². The van der Waals surface area contributed by atoms with Crippen LogP contribution in [0.4, 0.5) is 4.79 Å². The highest BCUT2D eigenvalue weighted by atomic mass is 32.1. The number of aromatic amines is 1. The molecule has 4 aromatic rings. The van der Waals surface area contributed by atoms with Gasteiger partial charge in [-0.05, 0) is 69.0 Å². The molecule has 1 atom stereocenters. The lowest BCUT2D eigenvalue weighted by molar-refractivity contribution is 0.160. The Morgan fingerprint density at radius 1 is 1.16 bits per heavy atom. The Bertz CT molecular complexity index is 1440. The van der Waals surface area contributed by atoms with E-state index < -0.39 is 0 Å². The second-order valence-electron chi connectivity index (χ2n) is 10.5. The standard InChI is InChI=1S/C29H34N6OS/c1-18-6-4-7-19(2)23(18)16-34-12-5-8-22(15-34)31-29(36)35-13-11-25-24(17-35)28(33-32-25)21-9-10-27-26(14-21)30-20(3)37-27/h4,6-7,9-10,14,22H,5,8,11-13,15-17H2,1-3H3,(H,31,36)(H,32,33)/t22-/m1/s1. The van der Waals surface area contributed by atoms with Gasteiger partial charge in [0.15, 0.2) is 0 Å². The van der Waals surface area contributed by atoms with E-state index in [4.69, 9.17) is 0 Å². The molecular weight excluding hydrogens is 480 g/mol. The summed E-state index contributed by atoms with van der Waals surface area (Å²) in [6.07, 6.45) is 2.92. The van der Waals surface area contributed by atoms with Crippen LogP contribution in [0, 0.1) is 20.8 Å². The highest BCUT2D eigenvalue weighted by Crippen LogP contribution is 2.32. The maximum atomic E-state index is 13.4. The molecule has 2 N–H and O–H groups in total. The van der Waals surface area contributed by atoms with E-state index in [9.17, 15) is 4.79 Å². The van der Waals surface area contributed by atoms with Crippen LogP contribution in [-0.2, 0) is 19.5 Å². The number of carbonyl (C=O) groups excluding carboxylic acids is 1. The van der Waals surface area contributed by atoms with Crippen molar-refractivity contribution in [2.24, 2.45) is 0 Å². The third-order valence-electron chi connectivity index (χ3n) is 7.85. The molecule has 37 heavy (non-hydrogen) atoms. The molecule has 4 heterocycles. The number of rotatable bonds is 4. The maximum absolute atomic E-state index is 13.4. The van der Waals surface area contributed by atoms with Gasteiger partial charge in [0.25, 0.3) is 0 Å². The zero-order valence-corrected chi connectivity index (χ0v) is 22.6. The van der Waals surface area contributed by atoms with Crippen LogP contribution in [-0.4, -0.2) is 56.7 Å². The van der Waals surface area contributed by atoms with Gasteiger partial charge in [0.2, 0.25) is 0 Å². The molecule has 6 rings (SSSR count). The Morgan fingerprint density at radius 2 is 2.00 bits per heavy atom. The largest absolute Gasteiger partial charge is 0.334 e. The number of thiazole rings is 1. The summed E-state index contributed by atoms with van der Waals surface area (Å²) in [6.45, 7) is 10.6. The van der Waals surface area contributed by atoms with Gasteiger partial charge in [0, 0.05) is 48.9 Å². The molecule has 2 aliphatic rings. The van der Waals surface area contributed by atoms with Crippen LogP contribution in [0.25, 0.3) is 21.5 Å². The summed E-state index contributed by atoms with van der Waals surface area (Å²) in [7, 11) is 0. The molecule has 2 aromatic heterocycles. The molecule has 2 aliphatic heterocycles. The molecule has 0 aliphatic carbocycles. The SMILES string of the molecule is Cc1nc2cc(-c3n[nH]c4c3CN(C(=O)N[C@@H]3CCCN(Cc5c(C)cccc5C)C3)CC4)ccc2s1. The maximum Gasteiger partial charge on any atom is 0.317 e. The number of urea groups is 1. The van der Waals surface area contributed by atoms with E-state index in [1.54, 1.807) is 11.3 Å². The molecule has 7 nitrogen and oxygen atoms in total. The summed E-state index contributed by atoms with van der Waals surface area (Å²) < 4.78 is 1.19. The van der Waals surface area contributed by atoms with Crippen molar-refractivity contribution in [3.8, 4) is 11.3 Å². The van der Waals surface area contributed by atoms with Crippen molar-refractivity contribution in [3.63, 3.8) is 0 Å². The van der Waals surface area contributed by atoms with Gasteiger partial charge in [-0.15, -0.1) is 11.3 Å². The smallest absolute Gasteiger partial charge is 0.317 e. The number of H-pyrrole nitrogens is 1. The average Bonchev–Trinajstić information content (AvgIpc) is 3.48. The van der Waals surface area contributed by atoms with Crippen LogP contribution >= 0.6 is 11.3 Å². The summed E-state index contributed by atoms with van der Waals surface area (Å²) in [5.41, 5.74) is 9.33. The highest BCUT2D eigenvalue weighted by Gasteiger charge is 2.29. The molecule has 1 saturated heterocycles. The van der Waals surface area contributed by atoms with E-state index in [1.807, 2.05) is 11.8 Å². The number of hydrogen-bond donors (Lipinski definition) is 2. The first-order valence-electron chi connectivity index (χ1n) is 13.2. The molecule has 8 heteroatoms. The first-order valence-corrected chi connectivity index (χ1v) is 14.0. The minimum absolute atomic E-state index is 0.0299. The van der Waals surface area contributed by atoms with E-state index in [-0.39, 0.29) is 12.1 Å². The van der Waals surface area contributed by atoms with Crippen LogP contribution in [0.1, 0.15) is 45.8 Å². The van der Waals surface area contributed by atoms with Crippen LogP contribution in [0.2, 0.25) is 0 Å². The van der Waals surface area contributed by atoms with E-state index in [0.717, 1.165) is 71.9 Å². The molecule has 1 fully saturated rings. The predicted molar refractivity (Wildman–Crippen MR) is 149 cm³/mol. The average molecular weight is 515 g/mol. The fraction of sp³-hybridized carbons (Fsp3) is 0.414. The zero-order valence-electron chi connectivity index (χ0n) is 21.8. The number of nitrogens with zero attached hydrogens (tertiary/aromatic N) is 4. The monoisotopic (exact) mass is 514 g/mol. The lowest BCUT2D eigenvalue weighted by Gasteiger charge is -2.35. The minimum Gasteiger partial charge on any atom is -0.334 e. The van der Waals surface area contributed by atoms with Gasteiger partial charge in [-0.1, -0.05) is 24.3 Å². The number of nitrogens with one attached hydrogen (secondary N) is 2. The number of hydrogen-bond acceptors (Lipinski definition) is 5. The van der Waals surface area contributed by atoms with E-state index in [2.05, 4.69) is 75.6 Å². The number of aromatic nitrogens is 3. The molecule has 0 spiro atoms. The van der Waals surface area contributed by atoms with Gasteiger partial charge in [-0.2, -0.15) is 5.10 Å². The van der Waals surface area contributed by atoms with Gasteiger partial charge in [0.1, 0.15) is 0 Å². The second-order valence-corrected chi connectivity index (χ2v) is 11.7. The zero-order chi connectivity index (χ0) is 25.5. The Labute approximate surface area is 221 Å². The molecule has 2 amide bonds. The Balaban J connectivity index is 1.13. The van der Waals surface area contributed by atoms with Crippen molar-refractivity contribution in [3.05, 3.63) is 69.4 Å². The van der Waals surface area contributed by atoms with Gasteiger partial charge in [0.05, 0.1) is 27.5 Å². The first-order chi connectivity index (χ1) is 17.9. The van der Waals surface area contributed by atoms with Crippen molar-refractivity contribution >= 4 is 27.6 Å². The Kier molecular flexibility index (Phi) is 6.46. The molecule has 0 bridgehead atoms. The third-order valence-corrected chi connectivity index (χ3v) is 8.80. The third kappa shape index (κ3) is 4.88. The summed E-state index contributed by atoms with van der Waals surface area (Å²) in [5, 5.41) is 12.3. The summed E-state index contributed by atoms with van der Waals surface area (Å²) in [5.74, 6) is 0. The highest BCUT2D eigenvalue weighted by molar-refractivity contribution is 7.18. The van der Waals surface area contributed by atoms with Crippen molar-refractivity contribution in [2.75, 3.05) is 19.6 Å². The molecular formula is C29H34N6OS. The number of likely N-dealkylation sites (tertiary alicyclic amines) is 1. The van der Waals surface area contributed by atoms with Crippen LogP contribution in [0.3, 0.4) is 0 Å². The molecule has 0 radical (unpaired) electrons. The van der Waals surface area contributed by atoms with Gasteiger partial charge in [-0.3, -0.25) is 10.00 Å². The lowest BCUT2D eigenvalue weighted by atomic mass is 10.00. The Hall–Kier alpha value is -3.23. The van der Waals surface area contributed by atoms with Gasteiger partial charge >= 0.3 is 6.03 Å². The number of fused-ring (bicyclic) bond motifs is 2. The quantitative estimate of drug-likeness (QED) is 0.385.